The van der Waals surface area contributed by atoms with Crippen LogP contribution >= 0.6 is 0 Å². The number of benzene rings is 3. The van der Waals surface area contributed by atoms with E-state index in [-0.39, 0.29) is 12.7 Å². The van der Waals surface area contributed by atoms with Gasteiger partial charge in [0.1, 0.15) is 5.82 Å². The van der Waals surface area contributed by atoms with Crippen LogP contribution in [0.3, 0.4) is 0 Å². The zero-order chi connectivity index (χ0) is 23.1. The number of carbonyl (C=O) groups is 1. The second-order valence-corrected chi connectivity index (χ2v) is 8.68. The number of aromatic nitrogens is 2. The minimum absolute atomic E-state index is 0.0538. The highest BCUT2D eigenvalue weighted by Crippen LogP contribution is 2.41. The minimum atomic E-state index is 0.0538. The van der Waals surface area contributed by atoms with Crippen molar-refractivity contribution in [3.63, 3.8) is 0 Å². The smallest absolute Gasteiger partial charge is 0.232 e. The number of hydrogen-bond donors (Lipinski definition) is 0. The van der Waals surface area contributed by atoms with Gasteiger partial charge in [-0.15, -0.1) is 0 Å². The topological polar surface area (TPSA) is 56.6 Å². The van der Waals surface area contributed by atoms with Crippen LogP contribution in [0.5, 0.6) is 11.5 Å². The van der Waals surface area contributed by atoms with Crippen LogP contribution in [-0.2, 0) is 17.8 Å². The van der Waals surface area contributed by atoms with Crippen LogP contribution in [0.2, 0.25) is 0 Å². The van der Waals surface area contributed by atoms with Gasteiger partial charge in [0.05, 0.1) is 12.1 Å². The van der Waals surface area contributed by atoms with E-state index >= 15 is 0 Å². The van der Waals surface area contributed by atoms with Gasteiger partial charge in [-0.3, -0.25) is 9.69 Å². The van der Waals surface area contributed by atoms with Crippen molar-refractivity contribution in [3.8, 4) is 33.8 Å². The zero-order valence-corrected chi connectivity index (χ0v) is 19.0. The number of fused-ring (bicyclic) bond motifs is 2. The van der Waals surface area contributed by atoms with Gasteiger partial charge in [0, 0.05) is 18.7 Å². The maximum atomic E-state index is 13.6. The molecule has 0 spiro atoms. The molecule has 3 heterocycles. The van der Waals surface area contributed by atoms with E-state index in [0.29, 0.717) is 18.7 Å². The van der Waals surface area contributed by atoms with Crippen molar-refractivity contribution in [2.45, 2.75) is 26.3 Å². The van der Waals surface area contributed by atoms with Crippen molar-refractivity contribution >= 4 is 11.7 Å². The van der Waals surface area contributed by atoms with Crippen molar-refractivity contribution in [1.29, 1.82) is 0 Å². The molecule has 6 heteroatoms. The first-order chi connectivity index (χ1) is 16.7. The fourth-order valence-electron chi connectivity index (χ4n) is 4.93. The number of rotatable bonds is 4. The summed E-state index contributed by atoms with van der Waals surface area (Å²) in [6.07, 6.45) is 1.17. The number of ether oxygens (including phenoxy) is 2. The van der Waals surface area contributed by atoms with Crippen LogP contribution in [0.15, 0.2) is 72.8 Å². The molecule has 0 saturated heterocycles. The zero-order valence-electron chi connectivity index (χ0n) is 19.0. The van der Waals surface area contributed by atoms with E-state index in [1.807, 2.05) is 59.0 Å². The van der Waals surface area contributed by atoms with Gasteiger partial charge >= 0.3 is 0 Å². The largest absolute Gasteiger partial charge is 0.454 e. The number of nitrogens with zero attached hydrogens (tertiary/aromatic N) is 3. The highest BCUT2D eigenvalue weighted by Gasteiger charge is 2.30. The lowest BCUT2D eigenvalue weighted by molar-refractivity contribution is -0.118. The summed E-state index contributed by atoms with van der Waals surface area (Å²) in [5, 5.41) is 4.84. The molecule has 0 radical (unpaired) electrons. The standard InChI is InChI=1S/C28H25N3O3/c1-19-27(23-11-6-5-10-22(23)21-8-3-2-4-9-21)28-30(14-7-15-31(28)29-19)26(32)17-20-12-13-24-25(16-20)34-18-33-24/h2-6,8-13,16H,7,14-15,17-18H2,1H3. The molecule has 1 amide bonds. The van der Waals surface area contributed by atoms with Crippen molar-refractivity contribution in [3.05, 3.63) is 84.1 Å². The van der Waals surface area contributed by atoms with Crippen molar-refractivity contribution in [1.82, 2.24) is 9.78 Å². The normalized spacial score (nSPS) is 14.2. The Bertz CT molecular complexity index is 1380. The average Bonchev–Trinajstić information content (AvgIpc) is 3.47. The summed E-state index contributed by atoms with van der Waals surface area (Å²) < 4.78 is 12.9. The van der Waals surface area contributed by atoms with E-state index in [9.17, 15) is 4.79 Å². The van der Waals surface area contributed by atoms with E-state index in [4.69, 9.17) is 14.6 Å². The Balaban J connectivity index is 1.40. The molecule has 34 heavy (non-hydrogen) atoms. The second kappa shape index (κ2) is 8.37. The molecule has 0 unspecified atom stereocenters. The summed E-state index contributed by atoms with van der Waals surface area (Å²) >= 11 is 0. The molecule has 4 aromatic rings. The Morgan fingerprint density at radius 3 is 2.53 bits per heavy atom. The molecule has 0 atom stereocenters. The molecule has 0 aliphatic carbocycles. The third-order valence-corrected chi connectivity index (χ3v) is 6.48. The lowest BCUT2D eigenvalue weighted by Crippen LogP contribution is -2.38. The van der Waals surface area contributed by atoms with Gasteiger partial charge in [0.25, 0.3) is 0 Å². The Morgan fingerprint density at radius 1 is 0.912 bits per heavy atom. The molecule has 6 rings (SSSR count). The highest BCUT2D eigenvalue weighted by atomic mass is 16.7. The molecule has 3 aromatic carbocycles. The molecule has 0 N–H and O–H groups in total. The Kier molecular flexibility index (Phi) is 5.06. The number of hydrogen-bond acceptors (Lipinski definition) is 4. The molecule has 2 aliphatic rings. The highest BCUT2D eigenvalue weighted by molar-refractivity contribution is 6.00. The first-order valence-corrected chi connectivity index (χ1v) is 11.6. The van der Waals surface area contributed by atoms with Crippen molar-refractivity contribution in [2.24, 2.45) is 0 Å². The van der Waals surface area contributed by atoms with Crippen molar-refractivity contribution in [2.75, 3.05) is 18.2 Å². The summed E-state index contributed by atoms with van der Waals surface area (Å²) in [5.41, 5.74) is 6.24. The number of anilines is 1. The lowest BCUT2D eigenvalue weighted by atomic mass is 9.94. The minimum Gasteiger partial charge on any atom is -0.454 e. The van der Waals surface area contributed by atoms with Gasteiger partial charge in [-0.2, -0.15) is 5.10 Å². The van der Waals surface area contributed by atoms with E-state index in [1.54, 1.807) is 0 Å². The van der Waals surface area contributed by atoms with E-state index in [1.165, 1.54) is 0 Å². The average molecular weight is 452 g/mol. The van der Waals surface area contributed by atoms with Gasteiger partial charge in [-0.1, -0.05) is 60.7 Å². The predicted molar refractivity (Wildman–Crippen MR) is 131 cm³/mol. The molecule has 0 fully saturated rings. The monoisotopic (exact) mass is 451 g/mol. The maximum absolute atomic E-state index is 13.6. The molecular formula is C28H25N3O3. The second-order valence-electron chi connectivity index (χ2n) is 8.68. The molecule has 1 aromatic heterocycles. The van der Waals surface area contributed by atoms with Crippen LogP contribution in [-0.4, -0.2) is 29.0 Å². The third-order valence-electron chi connectivity index (χ3n) is 6.48. The first kappa shape index (κ1) is 20.5. The fourth-order valence-corrected chi connectivity index (χ4v) is 4.93. The number of amides is 1. The molecule has 170 valence electrons. The summed E-state index contributed by atoms with van der Waals surface area (Å²) in [5.74, 6) is 2.36. The summed E-state index contributed by atoms with van der Waals surface area (Å²) in [6, 6.07) is 24.4. The fraction of sp³-hybridized carbons (Fsp3) is 0.214. The molecule has 0 saturated carbocycles. The van der Waals surface area contributed by atoms with E-state index < -0.39 is 0 Å². The van der Waals surface area contributed by atoms with Gasteiger partial charge in [0.2, 0.25) is 12.7 Å². The van der Waals surface area contributed by atoms with Gasteiger partial charge in [0.15, 0.2) is 11.5 Å². The summed E-state index contributed by atoms with van der Waals surface area (Å²) in [6.45, 7) is 3.73. The number of aryl methyl sites for hydroxylation is 2. The van der Waals surface area contributed by atoms with Crippen LogP contribution in [0, 0.1) is 6.92 Å². The molecule has 6 nitrogen and oxygen atoms in total. The Labute approximate surface area is 198 Å². The van der Waals surface area contributed by atoms with E-state index in [2.05, 4.69) is 30.3 Å². The van der Waals surface area contributed by atoms with Crippen LogP contribution in [0.4, 0.5) is 5.82 Å². The van der Waals surface area contributed by atoms with Gasteiger partial charge in [-0.05, 0) is 47.7 Å². The summed E-state index contributed by atoms with van der Waals surface area (Å²) in [4.78, 5) is 15.5. The molecule has 2 aliphatic heterocycles. The Hall–Kier alpha value is -4.06. The quantitative estimate of drug-likeness (QED) is 0.426. The SMILES string of the molecule is Cc1nn2c(c1-c1ccccc1-c1ccccc1)N(C(=O)Cc1ccc3c(c1)OCO3)CCC2. The van der Waals surface area contributed by atoms with Crippen LogP contribution < -0.4 is 14.4 Å². The predicted octanol–water partition coefficient (Wildman–Crippen LogP) is 5.23. The van der Waals surface area contributed by atoms with Gasteiger partial charge in [-0.25, -0.2) is 4.68 Å². The molecule has 0 bridgehead atoms. The van der Waals surface area contributed by atoms with Crippen molar-refractivity contribution < 1.29 is 14.3 Å². The summed E-state index contributed by atoms with van der Waals surface area (Å²) in [7, 11) is 0. The number of carbonyl (C=O) groups excluding carboxylic acids is 1. The van der Waals surface area contributed by atoms with Crippen LogP contribution in [0.1, 0.15) is 17.7 Å². The third kappa shape index (κ3) is 3.52. The van der Waals surface area contributed by atoms with Crippen LogP contribution in [0.25, 0.3) is 22.3 Å². The lowest BCUT2D eigenvalue weighted by Gasteiger charge is -2.29. The van der Waals surface area contributed by atoms with Gasteiger partial charge < -0.3 is 9.47 Å². The first-order valence-electron chi connectivity index (χ1n) is 11.6. The molecular weight excluding hydrogens is 426 g/mol. The maximum Gasteiger partial charge on any atom is 0.232 e. The Morgan fingerprint density at radius 2 is 1.68 bits per heavy atom. The van der Waals surface area contributed by atoms with E-state index in [0.717, 1.165) is 58.0 Å².